The monoisotopic (exact) mass is 986 g/mol. The van der Waals surface area contributed by atoms with Gasteiger partial charge in [0.1, 0.15) is 37.0 Å². The summed E-state index contributed by atoms with van der Waals surface area (Å²) in [5, 5.41) is 28.7. The van der Waals surface area contributed by atoms with Gasteiger partial charge in [-0.15, -0.1) is 11.8 Å². The number of thiocarbonyl (C=S) groups is 1. The van der Waals surface area contributed by atoms with Crippen molar-refractivity contribution in [3.05, 3.63) is 108 Å². The van der Waals surface area contributed by atoms with Crippen molar-refractivity contribution in [3.8, 4) is 0 Å². The summed E-state index contributed by atoms with van der Waals surface area (Å²) in [5.41, 5.74) is 1.98. The topological polar surface area (TPSA) is 125 Å². The number of aliphatic hydroxyl groups is 3. The number of ether oxygens (including phenoxy) is 7. The zero-order valence-electron chi connectivity index (χ0n) is 41.3. The second-order valence-electron chi connectivity index (χ2n) is 20.6. The first-order valence-electron chi connectivity index (χ1n) is 25.5. The maximum absolute atomic E-state index is 10.1. The molecule has 4 aliphatic carbocycles. The minimum Gasteiger partial charge on any atom is -0.393 e. The number of hydrogen-bond acceptors (Lipinski definition) is 12. The third-order valence-electron chi connectivity index (χ3n) is 16.9. The number of thioether (sulfide) groups is 1. The fraction of sp³-hybridized carbons (Fsp3) is 0.648. The van der Waals surface area contributed by atoms with E-state index in [-0.39, 0.29) is 71.9 Å². The molecular formula is C54H70B4O10S2. The van der Waals surface area contributed by atoms with Crippen molar-refractivity contribution < 1.29 is 48.5 Å². The standard InChI is InChI=1S/C17H21BO2S2.C15H19BO3.C15H19BO2.C7H11BO3/c1-3-17-9-12(16(21)22-2)13(15(18)20-17)14(17)19-10-11-7-5-4-6-8-11;1-2-15-8-11(17)12(14(16)19-15)13(15)18-9-10-6-4-3-5-7-10;1-2-15-9-8-12(14(16)18-15)13(15)17-10-11-6-4-3-5-7-11;8-6-4-1-2-7(3-9,11-6)5(4)10/h4-8,12-15H,3,9-10H2,1-2H3;3-7,11-14,17H,2,8-9H2,1H3;3-7,12-14H,2,8-10H2,1H3;4-6,9-10H,1-3H2/t12-,13+,14-,15+,17-;11-,12+,13-,14+,15-;12-,13+,14-,15+;4-,5+,6-,7-/m0011/s1. The van der Waals surface area contributed by atoms with E-state index in [1.165, 1.54) is 11.1 Å². The van der Waals surface area contributed by atoms with Crippen molar-refractivity contribution in [1.82, 2.24) is 0 Å². The van der Waals surface area contributed by atoms with Gasteiger partial charge in [0.25, 0.3) is 0 Å². The fourth-order valence-corrected chi connectivity index (χ4v) is 13.7. The van der Waals surface area contributed by atoms with Crippen LogP contribution in [0.2, 0.25) is 0 Å². The van der Waals surface area contributed by atoms with E-state index in [2.05, 4.69) is 45.0 Å². The molecule has 4 aliphatic heterocycles. The highest BCUT2D eigenvalue weighted by Crippen LogP contribution is 2.56. The molecule has 3 N–H and O–H groups in total. The molecule has 8 radical (unpaired) electrons. The maximum atomic E-state index is 10.1. The van der Waals surface area contributed by atoms with Crippen molar-refractivity contribution in [1.29, 1.82) is 0 Å². The van der Waals surface area contributed by atoms with Crippen LogP contribution in [0.4, 0.5) is 0 Å². The number of fused-ring (bicyclic) bond motifs is 8. The Bertz CT molecular complexity index is 2130. The van der Waals surface area contributed by atoms with E-state index in [1.807, 2.05) is 73.0 Å². The summed E-state index contributed by atoms with van der Waals surface area (Å²) in [4.78, 5) is 0. The average molecular weight is 987 g/mol. The van der Waals surface area contributed by atoms with Crippen molar-refractivity contribution >= 4 is 59.6 Å². The normalized spacial score (nSPS) is 41.1. The first-order valence-corrected chi connectivity index (χ1v) is 27.1. The highest BCUT2D eigenvalue weighted by atomic mass is 32.2. The zero-order chi connectivity index (χ0) is 49.8. The van der Waals surface area contributed by atoms with E-state index in [0.717, 1.165) is 61.1 Å². The molecule has 0 amide bonds. The predicted octanol–water partition coefficient (Wildman–Crippen LogP) is 6.87. The molecule has 10 nitrogen and oxygen atoms in total. The van der Waals surface area contributed by atoms with Gasteiger partial charge in [-0.2, -0.15) is 0 Å². The van der Waals surface area contributed by atoms with Crippen LogP contribution < -0.4 is 0 Å². The summed E-state index contributed by atoms with van der Waals surface area (Å²) in [6.45, 7) is 8.03. The van der Waals surface area contributed by atoms with Crippen molar-refractivity contribution in [2.75, 3.05) is 12.9 Å². The van der Waals surface area contributed by atoms with Gasteiger partial charge in [-0.25, -0.2) is 0 Å². The molecule has 0 aromatic heterocycles. The predicted molar refractivity (Wildman–Crippen MR) is 280 cm³/mol. The lowest BCUT2D eigenvalue weighted by atomic mass is 9.80. The molecule has 3 aromatic rings. The smallest absolute Gasteiger partial charge is 0.117 e. The number of aliphatic hydroxyl groups excluding tert-OH is 3. The van der Waals surface area contributed by atoms with Gasteiger partial charge in [0, 0.05) is 60.0 Å². The van der Waals surface area contributed by atoms with Crippen LogP contribution in [0.5, 0.6) is 0 Å². The third kappa shape index (κ3) is 10.7. The number of hydrogen-bond donors (Lipinski definition) is 3. The lowest BCUT2D eigenvalue weighted by Crippen LogP contribution is -2.40. The Labute approximate surface area is 431 Å². The Morgan fingerprint density at radius 1 is 0.586 bits per heavy atom. The molecule has 11 rings (SSSR count). The summed E-state index contributed by atoms with van der Waals surface area (Å²) < 4.78 is 42.7. The Morgan fingerprint density at radius 2 is 1.00 bits per heavy atom. The first kappa shape index (κ1) is 54.2. The van der Waals surface area contributed by atoms with Crippen LogP contribution in [-0.4, -0.2) is 141 Å². The molecule has 18 atom stereocenters. The highest BCUT2D eigenvalue weighted by Gasteiger charge is 2.64. The van der Waals surface area contributed by atoms with Crippen molar-refractivity contribution in [2.45, 2.75) is 175 Å². The van der Waals surface area contributed by atoms with E-state index >= 15 is 0 Å². The van der Waals surface area contributed by atoms with Crippen molar-refractivity contribution in [3.63, 3.8) is 0 Å². The molecule has 0 unspecified atom stereocenters. The minimum atomic E-state index is -0.732. The number of rotatable bonds is 14. The van der Waals surface area contributed by atoms with Gasteiger partial charge in [0.2, 0.25) is 0 Å². The number of benzene rings is 3. The zero-order valence-corrected chi connectivity index (χ0v) is 42.9. The van der Waals surface area contributed by atoms with Gasteiger partial charge in [-0.05, 0) is 74.3 Å². The molecule has 16 heteroatoms. The van der Waals surface area contributed by atoms with Crippen LogP contribution in [0.1, 0.15) is 95.2 Å². The molecule has 4 saturated heterocycles. The van der Waals surface area contributed by atoms with Gasteiger partial charge < -0.3 is 48.5 Å². The molecule has 0 spiro atoms. The third-order valence-corrected chi connectivity index (χ3v) is 18.4. The molecule has 8 aliphatic rings. The quantitative estimate of drug-likeness (QED) is 0.116. The van der Waals surface area contributed by atoms with E-state index in [1.54, 1.807) is 11.8 Å². The first-order chi connectivity index (χ1) is 33.7. The molecular weight excluding hydrogens is 916 g/mol. The molecule has 8 bridgehead atoms. The lowest BCUT2D eigenvalue weighted by molar-refractivity contribution is -0.105. The molecule has 70 heavy (non-hydrogen) atoms. The summed E-state index contributed by atoms with van der Waals surface area (Å²) in [6.07, 6.45) is 9.22. The lowest BCUT2D eigenvalue weighted by Gasteiger charge is -2.33. The molecule has 3 aromatic carbocycles. The summed E-state index contributed by atoms with van der Waals surface area (Å²) in [7, 11) is 23.8. The molecule has 4 saturated carbocycles. The SMILES string of the molecule is [B][C@@H]1O[C@@]2(CC)CC[C@@H]1[C@@H]2OCc1ccccc1.[B][C@@H]1O[C@@]2(CC)C[C@H](C(=S)SC)[C@@H]1[C@@H]2OCc1ccccc1.[B][C@@H]1O[C@@]2(CC)C[C@H](O)[C@@H]1[C@@H]2OCc1ccccc1.[B][C@@H]1O[C@@]2(CO)CC[C@@H]1[C@@H]2O. The Balaban J connectivity index is 0.000000128. The molecule has 370 valence electrons. The van der Waals surface area contributed by atoms with Gasteiger partial charge in [0.05, 0.1) is 77.9 Å². The summed E-state index contributed by atoms with van der Waals surface area (Å²) in [5.74, 6) is 0.776. The average Bonchev–Trinajstić information content (AvgIpc) is 4.26. The van der Waals surface area contributed by atoms with Crippen LogP contribution in [-0.2, 0) is 53.0 Å². The van der Waals surface area contributed by atoms with Crippen LogP contribution in [0, 0.1) is 29.6 Å². The van der Waals surface area contributed by atoms with Crippen LogP contribution >= 0.6 is 24.0 Å². The minimum absolute atomic E-state index is 0.0298. The Morgan fingerprint density at radius 3 is 1.41 bits per heavy atom. The van der Waals surface area contributed by atoms with Crippen molar-refractivity contribution in [2.24, 2.45) is 29.6 Å². The van der Waals surface area contributed by atoms with E-state index in [4.69, 9.17) is 81.9 Å². The van der Waals surface area contributed by atoms with Crippen LogP contribution in [0.15, 0.2) is 91.0 Å². The maximum Gasteiger partial charge on any atom is 0.117 e. The Kier molecular flexibility index (Phi) is 18.0. The van der Waals surface area contributed by atoms with E-state index in [0.29, 0.717) is 38.1 Å². The van der Waals surface area contributed by atoms with E-state index in [9.17, 15) is 10.2 Å². The summed E-state index contributed by atoms with van der Waals surface area (Å²) >= 11 is 7.21. The second-order valence-corrected chi connectivity index (χ2v) is 22.1. The fourth-order valence-electron chi connectivity index (χ4n) is 12.9. The molecule has 8 fully saturated rings. The van der Waals surface area contributed by atoms with Gasteiger partial charge in [-0.3, -0.25) is 0 Å². The van der Waals surface area contributed by atoms with Gasteiger partial charge in [0.15, 0.2) is 0 Å². The van der Waals surface area contributed by atoms with Gasteiger partial charge in [-0.1, -0.05) is 124 Å². The highest BCUT2D eigenvalue weighted by molar-refractivity contribution is 8.22. The van der Waals surface area contributed by atoms with Crippen LogP contribution in [0.3, 0.4) is 0 Å². The second kappa shape index (κ2) is 23.2. The molecule has 4 heterocycles. The van der Waals surface area contributed by atoms with Crippen LogP contribution in [0.25, 0.3) is 0 Å². The Hall–Kier alpha value is -2.04. The van der Waals surface area contributed by atoms with E-state index < -0.39 is 29.4 Å². The van der Waals surface area contributed by atoms with Gasteiger partial charge >= 0.3 is 0 Å². The summed E-state index contributed by atoms with van der Waals surface area (Å²) in [6, 6.07) is 29.4. The largest absolute Gasteiger partial charge is 0.393 e.